The van der Waals surface area contributed by atoms with Gasteiger partial charge in [0.1, 0.15) is 5.58 Å². The summed E-state index contributed by atoms with van der Waals surface area (Å²) in [6, 6.07) is 47.5. The van der Waals surface area contributed by atoms with Gasteiger partial charge >= 0.3 is 0 Å². The Balaban J connectivity index is 0.000000176. The average Bonchev–Trinajstić information content (AvgIpc) is 3.53. The first kappa shape index (κ1) is 32.7. The second-order valence-corrected chi connectivity index (χ2v) is 12.0. The van der Waals surface area contributed by atoms with Gasteiger partial charge in [-0.3, -0.25) is 4.98 Å². The summed E-state index contributed by atoms with van der Waals surface area (Å²) in [4.78, 5) is 13.2. The summed E-state index contributed by atoms with van der Waals surface area (Å²) in [6.45, 7) is 6.55. The molecule has 48 heavy (non-hydrogen) atoms. The Labute approximate surface area is 294 Å². The number of fused-ring (bicyclic) bond motifs is 3. The van der Waals surface area contributed by atoms with Crippen LogP contribution >= 0.6 is 0 Å². The van der Waals surface area contributed by atoms with Gasteiger partial charge in [0.25, 0.3) is 0 Å². The number of hydrogen-bond donors (Lipinski definition) is 0. The number of aryl methyl sites for hydroxylation is 1. The van der Waals surface area contributed by atoms with Crippen molar-refractivity contribution in [2.75, 3.05) is 0 Å². The van der Waals surface area contributed by atoms with Crippen molar-refractivity contribution in [3.8, 4) is 33.6 Å². The molecule has 4 heterocycles. The van der Waals surface area contributed by atoms with E-state index in [9.17, 15) is 0 Å². The van der Waals surface area contributed by atoms with E-state index in [0.29, 0.717) is 0 Å². The first-order chi connectivity index (χ1) is 23.0. The van der Waals surface area contributed by atoms with Gasteiger partial charge in [0.05, 0.1) is 5.58 Å². The molecule has 8 aromatic rings. The van der Waals surface area contributed by atoms with E-state index in [0.717, 1.165) is 44.5 Å². The number of rotatable bonds is 5. The van der Waals surface area contributed by atoms with E-state index in [4.69, 9.17) is 4.42 Å². The van der Waals surface area contributed by atoms with Crippen LogP contribution in [-0.2, 0) is 25.5 Å². The summed E-state index contributed by atoms with van der Waals surface area (Å²) >= 11 is 0. The minimum absolute atomic E-state index is 0. The Hall–Kier alpha value is -5.22. The standard InChI is InChI=1S/C25H19N2O.C18H14N.Ir/c1-25(2,17-12-15-26-16-13-17)20-11-10-18(21-8-5-6-14-27-21)24-23(20)19-7-3-4-9-22(19)28-24;1-14-13-19-18(16-10-6-3-7-11-16)12-17(14)15-8-4-2-5-9-15;/h3-9,11-16H,1-2H3;2-10,12-13H,1H3;/q2*-1;. The van der Waals surface area contributed by atoms with Gasteiger partial charge in [0.15, 0.2) is 0 Å². The van der Waals surface area contributed by atoms with Crippen LogP contribution in [0.2, 0.25) is 0 Å². The number of benzene rings is 4. The van der Waals surface area contributed by atoms with Crippen molar-refractivity contribution in [1.82, 2.24) is 15.0 Å². The molecule has 0 saturated carbocycles. The van der Waals surface area contributed by atoms with Crippen LogP contribution in [0.25, 0.3) is 55.6 Å². The zero-order valence-electron chi connectivity index (χ0n) is 26.9. The topological polar surface area (TPSA) is 51.8 Å². The average molecular weight is 800 g/mol. The number of pyridine rings is 3. The van der Waals surface area contributed by atoms with Crippen molar-refractivity contribution in [3.05, 3.63) is 175 Å². The van der Waals surface area contributed by atoms with Crippen LogP contribution in [0.1, 0.15) is 30.5 Å². The minimum atomic E-state index is -0.229. The van der Waals surface area contributed by atoms with Gasteiger partial charge in [0.2, 0.25) is 0 Å². The van der Waals surface area contributed by atoms with E-state index in [1.54, 1.807) is 6.20 Å². The fraction of sp³-hybridized carbons (Fsp3) is 0.0930. The fourth-order valence-corrected chi connectivity index (χ4v) is 6.04. The maximum absolute atomic E-state index is 6.33. The van der Waals surface area contributed by atoms with E-state index >= 15 is 0 Å². The summed E-state index contributed by atoms with van der Waals surface area (Å²) in [5, 5.41) is 2.23. The molecule has 8 rings (SSSR count). The monoisotopic (exact) mass is 800 g/mol. The van der Waals surface area contributed by atoms with Crippen molar-refractivity contribution < 1.29 is 24.5 Å². The molecule has 0 aliphatic rings. The zero-order chi connectivity index (χ0) is 32.2. The molecule has 1 radical (unpaired) electrons. The third-order valence-electron chi connectivity index (χ3n) is 8.62. The molecule has 0 unspecified atom stereocenters. The van der Waals surface area contributed by atoms with Crippen molar-refractivity contribution in [1.29, 1.82) is 0 Å². The molecular weight excluding hydrogens is 767 g/mol. The summed E-state index contributed by atoms with van der Waals surface area (Å²) in [7, 11) is 0. The predicted octanol–water partition coefficient (Wildman–Crippen LogP) is 10.7. The molecule has 237 valence electrons. The van der Waals surface area contributed by atoms with Crippen LogP contribution in [0, 0.1) is 19.1 Å². The van der Waals surface area contributed by atoms with Gasteiger partial charge in [-0.2, -0.15) is 0 Å². The number of aromatic nitrogens is 3. The van der Waals surface area contributed by atoms with E-state index in [1.165, 1.54) is 27.8 Å². The van der Waals surface area contributed by atoms with Crippen LogP contribution < -0.4 is 0 Å². The van der Waals surface area contributed by atoms with Crippen LogP contribution in [-0.4, -0.2) is 15.0 Å². The molecular formula is C43H33IrN3O-2. The van der Waals surface area contributed by atoms with Crippen LogP contribution in [0.5, 0.6) is 0 Å². The van der Waals surface area contributed by atoms with E-state index < -0.39 is 0 Å². The molecule has 5 heteroatoms. The van der Waals surface area contributed by atoms with Crippen LogP contribution in [0.4, 0.5) is 0 Å². The van der Waals surface area contributed by atoms with E-state index in [1.807, 2.05) is 79.3 Å². The third-order valence-corrected chi connectivity index (χ3v) is 8.62. The molecule has 4 aromatic heterocycles. The summed E-state index contributed by atoms with van der Waals surface area (Å²) < 4.78 is 6.33. The van der Waals surface area contributed by atoms with Gasteiger partial charge in [-0.1, -0.05) is 91.5 Å². The number of hydrogen-bond acceptors (Lipinski definition) is 4. The van der Waals surface area contributed by atoms with Crippen molar-refractivity contribution in [3.63, 3.8) is 0 Å². The molecule has 0 atom stereocenters. The maximum atomic E-state index is 6.33. The number of para-hydroxylation sites is 1. The Bertz CT molecular complexity index is 2270. The molecule has 0 bridgehead atoms. The van der Waals surface area contributed by atoms with Gasteiger partial charge in [0, 0.05) is 50.3 Å². The number of nitrogens with zero attached hydrogens (tertiary/aromatic N) is 3. The summed E-state index contributed by atoms with van der Waals surface area (Å²) in [5.41, 5.74) is 11.2. The summed E-state index contributed by atoms with van der Waals surface area (Å²) in [6.07, 6.45) is 7.41. The SMILES string of the molecule is CC(C)(c1ccncc1)c1c[c-]c(-c2ccccn2)c2oc3ccccc3c12.Cc1cnc(-c2[c-]cccc2)cc1-c1ccccc1.[Ir]. The predicted molar refractivity (Wildman–Crippen MR) is 191 cm³/mol. The normalized spacial score (nSPS) is 11.1. The molecule has 4 aromatic carbocycles. The van der Waals surface area contributed by atoms with Gasteiger partial charge in [-0.25, -0.2) is 0 Å². The van der Waals surface area contributed by atoms with Gasteiger partial charge < -0.3 is 14.4 Å². The Kier molecular flexibility index (Phi) is 9.72. The second kappa shape index (κ2) is 14.3. The smallest absolute Gasteiger partial charge is 0.120 e. The Morgan fingerprint density at radius 1 is 0.708 bits per heavy atom. The molecule has 0 amide bonds. The molecule has 4 nitrogen and oxygen atoms in total. The second-order valence-electron chi connectivity index (χ2n) is 12.0. The van der Waals surface area contributed by atoms with Crippen molar-refractivity contribution >= 4 is 21.9 Å². The third kappa shape index (κ3) is 6.48. The first-order valence-corrected chi connectivity index (χ1v) is 15.7. The fourth-order valence-electron chi connectivity index (χ4n) is 6.04. The molecule has 0 N–H and O–H groups in total. The van der Waals surface area contributed by atoms with Gasteiger partial charge in [-0.05, 0) is 70.2 Å². The Morgan fingerprint density at radius 3 is 2.21 bits per heavy atom. The maximum Gasteiger partial charge on any atom is 0.120 e. The number of furan rings is 1. The zero-order valence-corrected chi connectivity index (χ0v) is 29.3. The quantitative estimate of drug-likeness (QED) is 0.163. The van der Waals surface area contributed by atoms with Gasteiger partial charge in [-0.15, -0.1) is 53.6 Å². The molecule has 0 spiro atoms. The van der Waals surface area contributed by atoms with Crippen molar-refractivity contribution in [2.24, 2.45) is 0 Å². The minimum Gasteiger partial charge on any atom is -0.501 e. The molecule has 0 aliphatic carbocycles. The first-order valence-electron chi connectivity index (χ1n) is 15.7. The van der Waals surface area contributed by atoms with Crippen LogP contribution in [0.15, 0.2) is 151 Å². The van der Waals surface area contributed by atoms with E-state index in [2.05, 4.69) is 109 Å². The molecule has 0 aliphatic heterocycles. The van der Waals surface area contributed by atoms with Crippen LogP contribution in [0.3, 0.4) is 0 Å². The van der Waals surface area contributed by atoms with Crippen molar-refractivity contribution in [2.45, 2.75) is 26.2 Å². The summed E-state index contributed by atoms with van der Waals surface area (Å²) in [5.74, 6) is 0. The van der Waals surface area contributed by atoms with E-state index in [-0.39, 0.29) is 25.5 Å². The largest absolute Gasteiger partial charge is 0.501 e. The Morgan fingerprint density at radius 2 is 1.46 bits per heavy atom. The molecule has 0 fully saturated rings. The molecule has 0 saturated heterocycles.